The minimum Gasteiger partial charge on any atom is -0.496 e. The Morgan fingerprint density at radius 3 is 1.53 bits per heavy atom. The largest absolute Gasteiger partial charge is 0.496 e. The van der Waals surface area contributed by atoms with Crippen molar-refractivity contribution < 1.29 is 9.84 Å². The Bertz CT molecular complexity index is 410. The average molecular weight is 264 g/mol. The highest BCUT2D eigenvalue weighted by Gasteiger charge is 2.27. The summed E-state index contributed by atoms with van der Waals surface area (Å²) in [5, 5.41) is 9.93. The van der Waals surface area contributed by atoms with Gasteiger partial charge in [-0.25, -0.2) is 0 Å². The normalized spacial score (nSPS) is 14.4. The van der Waals surface area contributed by atoms with Gasteiger partial charge in [-0.1, -0.05) is 41.5 Å². The Balaban J connectivity index is 3.67. The van der Waals surface area contributed by atoms with Gasteiger partial charge in [-0.15, -0.1) is 0 Å². The predicted molar refractivity (Wildman–Crippen MR) is 81.0 cm³/mol. The molecule has 1 aromatic rings. The van der Waals surface area contributed by atoms with Gasteiger partial charge in [-0.05, 0) is 35.4 Å². The standard InChI is InChI=1S/C17H28O2/c1-11(18)12-9-13(16(2,3)4)15(19-8)14(10-12)17(5,6)7/h9-11,18H,1-8H3. The Morgan fingerprint density at radius 1 is 0.947 bits per heavy atom. The fourth-order valence-corrected chi connectivity index (χ4v) is 2.23. The Hall–Kier alpha value is -1.02. The molecule has 0 spiro atoms. The molecule has 0 fully saturated rings. The molecule has 0 saturated carbocycles. The number of methoxy groups -OCH3 is 1. The SMILES string of the molecule is COc1c(C(C)(C)C)cc(C(C)O)cc1C(C)(C)C. The number of benzene rings is 1. The van der Waals surface area contributed by atoms with E-state index in [0.29, 0.717) is 0 Å². The molecule has 0 aliphatic rings. The van der Waals surface area contributed by atoms with Crippen molar-refractivity contribution in [1.29, 1.82) is 0 Å². The van der Waals surface area contributed by atoms with Crippen molar-refractivity contribution in [2.24, 2.45) is 0 Å². The molecule has 108 valence electrons. The smallest absolute Gasteiger partial charge is 0.126 e. The highest BCUT2D eigenvalue weighted by atomic mass is 16.5. The topological polar surface area (TPSA) is 29.5 Å². The van der Waals surface area contributed by atoms with Gasteiger partial charge in [0.25, 0.3) is 0 Å². The number of rotatable bonds is 2. The maximum Gasteiger partial charge on any atom is 0.126 e. The molecule has 0 aliphatic carbocycles. The van der Waals surface area contributed by atoms with Crippen molar-refractivity contribution in [1.82, 2.24) is 0 Å². The van der Waals surface area contributed by atoms with Crippen LogP contribution >= 0.6 is 0 Å². The van der Waals surface area contributed by atoms with Gasteiger partial charge >= 0.3 is 0 Å². The van der Waals surface area contributed by atoms with Crippen LogP contribution in [0.15, 0.2) is 12.1 Å². The summed E-state index contributed by atoms with van der Waals surface area (Å²) >= 11 is 0. The molecule has 0 heterocycles. The summed E-state index contributed by atoms with van der Waals surface area (Å²) in [5.41, 5.74) is 3.22. The van der Waals surface area contributed by atoms with Crippen LogP contribution in [0.4, 0.5) is 0 Å². The fraction of sp³-hybridized carbons (Fsp3) is 0.647. The molecule has 1 atom stereocenters. The first-order valence-electron chi connectivity index (χ1n) is 6.89. The molecule has 0 amide bonds. The van der Waals surface area contributed by atoms with Crippen LogP contribution in [-0.4, -0.2) is 12.2 Å². The molecular weight excluding hydrogens is 236 g/mol. The van der Waals surface area contributed by atoms with Crippen LogP contribution in [0.25, 0.3) is 0 Å². The minimum atomic E-state index is -0.465. The lowest BCUT2D eigenvalue weighted by Crippen LogP contribution is -2.20. The van der Waals surface area contributed by atoms with Crippen LogP contribution in [0.5, 0.6) is 5.75 Å². The summed E-state index contributed by atoms with van der Waals surface area (Å²) < 4.78 is 5.68. The van der Waals surface area contributed by atoms with E-state index in [1.807, 2.05) is 0 Å². The molecule has 1 aromatic carbocycles. The molecule has 1 unspecified atom stereocenters. The molecule has 2 heteroatoms. The van der Waals surface area contributed by atoms with Crippen LogP contribution in [0.3, 0.4) is 0 Å². The first-order chi connectivity index (χ1) is 8.48. The summed E-state index contributed by atoms with van der Waals surface area (Å²) in [7, 11) is 1.72. The van der Waals surface area contributed by atoms with E-state index in [-0.39, 0.29) is 10.8 Å². The highest BCUT2D eigenvalue weighted by Crippen LogP contribution is 2.41. The molecule has 0 aromatic heterocycles. The number of hydrogen-bond acceptors (Lipinski definition) is 2. The first kappa shape index (κ1) is 16.0. The van der Waals surface area contributed by atoms with Crippen LogP contribution in [0.1, 0.15) is 71.3 Å². The number of aliphatic hydroxyl groups excluding tert-OH is 1. The number of hydrogen-bond donors (Lipinski definition) is 1. The zero-order valence-electron chi connectivity index (χ0n) is 13.6. The molecular formula is C17H28O2. The second-order valence-corrected chi connectivity index (χ2v) is 7.33. The molecule has 19 heavy (non-hydrogen) atoms. The number of ether oxygens (including phenoxy) is 1. The van der Waals surface area contributed by atoms with Gasteiger partial charge in [0, 0.05) is 11.1 Å². The maximum atomic E-state index is 9.93. The van der Waals surface area contributed by atoms with E-state index in [1.165, 1.54) is 0 Å². The lowest BCUT2D eigenvalue weighted by molar-refractivity contribution is 0.198. The monoisotopic (exact) mass is 264 g/mol. The van der Waals surface area contributed by atoms with Crippen molar-refractivity contribution >= 4 is 0 Å². The van der Waals surface area contributed by atoms with Crippen LogP contribution in [0.2, 0.25) is 0 Å². The molecule has 0 radical (unpaired) electrons. The molecule has 0 bridgehead atoms. The molecule has 0 saturated heterocycles. The summed E-state index contributed by atoms with van der Waals surface area (Å²) in [5.74, 6) is 0.949. The Labute approximate surface area is 117 Å². The predicted octanol–water partition coefficient (Wildman–Crippen LogP) is 4.34. The quantitative estimate of drug-likeness (QED) is 0.861. The van der Waals surface area contributed by atoms with Gasteiger partial charge in [0.2, 0.25) is 0 Å². The second-order valence-electron chi connectivity index (χ2n) is 7.33. The first-order valence-corrected chi connectivity index (χ1v) is 6.89. The van der Waals surface area contributed by atoms with Gasteiger partial charge in [0.15, 0.2) is 0 Å². The molecule has 1 rings (SSSR count). The van der Waals surface area contributed by atoms with E-state index in [9.17, 15) is 5.11 Å². The van der Waals surface area contributed by atoms with Crippen molar-refractivity contribution in [3.63, 3.8) is 0 Å². The molecule has 0 aliphatic heterocycles. The summed E-state index contributed by atoms with van der Waals surface area (Å²) in [6.07, 6.45) is -0.465. The zero-order chi connectivity index (χ0) is 15.0. The van der Waals surface area contributed by atoms with Gasteiger partial charge in [0.05, 0.1) is 13.2 Å². The molecule has 2 nitrogen and oxygen atoms in total. The third-order valence-electron chi connectivity index (χ3n) is 3.41. The second kappa shape index (κ2) is 5.16. The highest BCUT2D eigenvalue weighted by molar-refractivity contribution is 5.51. The Morgan fingerprint density at radius 2 is 1.32 bits per heavy atom. The van der Waals surface area contributed by atoms with Crippen molar-refractivity contribution in [3.8, 4) is 5.75 Å². The van der Waals surface area contributed by atoms with E-state index >= 15 is 0 Å². The van der Waals surface area contributed by atoms with Crippen LogP contribution < -0.4 is 4.74 Å². The third kappa shape index (κ3) is 3.50. The van der Waals surface area contributed by atoms with Crippen molar-refractivity contribution in [2.45, 2.75) is 65.4 Å². The van der Waals surface area contributed by atoms with Gasteiger partial charge in [-0.3, -0.25) is 0 Å². The summed E-state index contributed by atoms with van der Waals surface area (Å²) in [6.45, 7) is 14.8. The Kier molecular flexibility index (Phi) is 4.36. The van der Waals surface area contributed by atoms with Gasteiger partial charge < -0.3 is 9.84 Å². The summed E-state index contributed by atoms with van der Waals surface area (Å²) in [4.78, 5) is 0. The van der Waals surface area contributed by atoms with Crippen LogP contribution in [0, 0.1) is 0 Å². The van der Waals surface area contributed by atoms with Gasteiger partial charge in [0.1, 0.15) is 5.75 Å². The fourth-order valence-electron chi connectivity index (χ4n) is 2.23. The summed E-state index contributed by atoms with van der Waals surface area (Å²) in [6, 6.07) is 4.14. The average Bonchev–Trinajstić information content (AvgIpc) is 2.24. The van der Waals surface area contributed by atoms with E-state index in [0.717, 1.165) is 22.4 Å². The maximum absolute atomic E-state index is 9.93. The van der Waals surface area contributed by atoms with E-state index in [4.69, 9.17) is 4.74 Å². The zero-order valence-corrected chi connectivity index (χ0v) is 13.6. The van der Waals surface area contributed by atoms with Gasteiger partial charge in [-0.2, -0.15) is 0 Å². The third-order valence-corrected chi connectivity index (χ3v) is 3.41. The molecule has 1 N–H and O–H groups in total. The lowest BCUT2D eigenvalue weighted by atomic mass is 9.78. The van der Waals surface area contributed by atoms with Crippen LogP contribution in [-0.2, 0) is 10.8 Å². The van der Waals surface area contributed by atoms with Crippen molar-refractivity contribution in [2.75, 3.05) is 7.11 Å². The lowest BCUT2D eigenvalue weighted by Gasteiger charge is -2.30. The van der Waals surface area contributed by atoms with Crippen molar-refractivity contribution in [3.05, 3.63) is 28.8 Å². The van der Waals surface area contributed by atoms with E-state index in [1.54, 1.807) is 14.0 Å². The van der Waals surface area contributed by atoms with E-state index < -0.39 is 6.10 Å². The minimum absolute atomic E-state index is 0.0176. The van der Waals surface area contributed by atoms with E-state index in [2.05, 4.69) is 53.7 Å². The number of aliphatic hydroxyl groups is 1.